The maximum atomic E-state index is 12.1. The van der Waals surface area contributed by atoms with Crippen molar-refractivity contribution in [3.63, 3.8) is 0 Å². The first-order valence-electron chi connectivity index (χ1n) is 7.51. The zero-order valence-corrected chi connectivity index (χ0v) is 11.3. The normalized spacial score (nSPS) is 27.6. The number of nitrogens with zero attached hydrogens (tertiary/aromatic N) is 1. The molecular formula is C14H22N2O3. The summed E-state index contributed by atoms with van der Waals surface area (Å²) in [5.74, 6) is 0.00312. The monoisotopic (exact) mass is 266 g/mol. The van der Waals surface area contributed by atoms with Crippen LogP contribution in [0.15, 0.2) is 0 Å². The van der Waals surface area contributed by atoms with E-state index >= 15 is 0 Å². The molecule has 0 unspecified atom stereocenters. The summed E-state index contributed by atoms with van der Waals surface area (Å²) in [7, 11) is 0. The predicted molar refractivity (Wildman–Crippen MR) is 69.6 cm³/mol. The molecule has 3 aliphatic rings. The highest BCUT2D eigenvalue weighted by Gasteiger charge is 2.38. The van der Waals surface area contributed by atoms with Crippen LogP contribution in [-0.4, -0.2) is 41.6 Å². The van der Waals surface area contributed by atoms with E-state index in [-0.39, 0.29) is 24.1 Å². The smallest absolute Gasteiger partial charge is 0.410 e. The van der Waals surface area contributed by atoms with Gasteiger partial charge in [-0.1, -0.05) is 0 Å². The fraction of sp³-hybridized carbons (Fsp3) is 0.857. The van der Waals surface area contributed by atoms with Crippen LogP contribution >= 0.6 is 0 Å². The Morgan fingerprint density at radius 2 is 1.74 bits per heavy atom. The van der Waals surface area contributed by atoms with E-state index < -0.39 is 0 Å². The minimum atomic E-state index is -0.311. The number of ether oxygens (including phenoxy) is 1. The Bertz CT molecular complexity index is 362. The number of likely N-dealkylation sites (tertiary alicyclic amines) is 1. The number of hydrogen-bond acceptors (Lipinski definition) is 3. The van der Waals surface area contributed by atoms with Gasteiger partial charge in [0.1, 0.15) is 12.1 Å². The average Bonchev–Trinajstić information content (AvgIpc) is 2.91. The van der Waals surface area contributed by atoms with E-state index in [0.717, 1.165) is 51.4 Å². The second-order valence-electron chi connectivity index (χ2n) is 5.92. The number of amides is 2. The Labute approximate surface area is 113 Å². The minimum Gasteiger partial charge on any atom is -0.446 e. The Balaban J connectivity index is 1.54. The van der Waals surface area contributed by atoms with Crippen molar-refractivity contribution in [2.45, 2.75) is 69.6 Å². The summed E-state index contributed by atoms with van der Waals surface area (Å²) in [6.45, 7) is 0.647. The Morgan fingerprint density at radius 3 is 2.42 bits per heavy atom. The van der Waals surface area contributed by atoms with E-state index in [0.29, 0.717) is 12.6 Å². The van der Waals surface area contributed by atoms with Crippen molar-refractivity contribution in [2.75, 3.05) is 6.54 Å². The highest BCUT2D eigenvalue weighted by atomic mass is 16.6. The average molecular weight is 266 g/mol. The van der Waals surface area contributed by atoms with E-state index in [1.54, 1.807) is 4.90 Å². The fourth-order valence-corrected chi connectivity index (χ4v) is 3.00. The molecular weight excluding hydrogens is 244 g/mol. The quantitative estimate of drug-likeness (QED) is 0.847. The Kier molecular flexibility index (Phi) is 3.62. The van der Waals surface area contributed by atoms with Gasteiger partial charge in [0.05, 0.1) is 0 Å². The van der Waals surface area contributed by atoms with Gasteiger partial charge in [0.2, 0.25) is 5.91 Å². The number of hydrogen-bond donors (Lipinski definition) is 1. The second kappa shape index (κ2) is 5.39. The highest BCUT2D eigenvalue weighted by molar-refractivity contribution is 5.86. The van der Waals surface area contributed by atoms with Gasteiger partial charge in [-0.2, -0.15) is 0 Å². The molecule has 1 heterocycles. The molecule has 3 fully saturated rings. The number of carbonyl (C=O) groups is 2. The third-order valence-corrected chi connectivity index (χ3v) is 4.28. The van der Waals surface area contributed by atoms with Crippen molar-refractivity contribution in [2.24, 2.45) is 0 Å². The molecule has 106 valence electrons. The molecule has 1 atom stereocenters. The molecule has 0 aromatic heterocycles. The van der Waals surface area contributed by atoms with Gasteiger partial charge in [-0.15, -0.1) is 0 Å². The molecule has 3 rings (SSSR count). The van der Waals surface area contributed by atoms with Crippen molar-refractivity contribution >= 4 is 12.0 Å². The minimum absolute atomic E-state index is 0.00312. The van der Waals surface area contributed by atoms with Crippen LogP contribution in [0.4, 0.5) is 4.79 Å². The van der Waals surface area contributed by atoms with Crippen molar-refractivity contribution < 1.29 is 14.3 Å². The maximum absolute atomic E-state index is 12.1. The molecule has 1 N–H and O–H groups in total. The van der Waals surface area contributed by atoms with Crippen LogP contribution in [0, 0.1) is 0 Å². The number of nitrogens with one attached hydrogen (secondary N) is 1. The van der Waals surface area contributed by atoms with Crippen LogP contribution < -0.4 is 5.32 Å². The first kappa shape index (κ1) is 12.8. The number of rotatable bonds is 3. The molecule has 2 saturated carbocycles. The summed E-state index contributed by atoms with van der Waals surface area (Å²) < 4.78 is 5.50. The van der Waals surface area contributed by atoms with Gasteiger partial charge < -0.3 is 10.1 Å². The molecule has 2 aliphatic carbocycles. The third kappa shape index (κ3) is 3.01. The van der Waals surface area contributed by atoms with Crippen LogP contribution in [-0.2, 0) is 9.53 Å². The first-order chi connectivity index (χ1) is 9.24. The molecule has 0 spiro atoms. The van der Waals surface area contributed by atoms with Crippen LogP contribution in [0.1, 0.15) is 51.4 Å². The first-order valence-corrected chi connectivity index (χ1v) is 7.51. The molecule has 5 nitrogen and oxygen atoms in total. The molecule has 1 saturated heterocycles. The SMILES string of the molecule is O=C(NC1CC1)[C@@H]1CCCN1C(=O)OC1CCCC1. The lowest BCUT2D eigenvalue weighted by atomic mass is 10.2. The van der Waals surface area contributed by atoms with E-state index in [1.807, 2.05) is 0 Å². The number of carbonyl (C=O) groups excluding carboxylic acids is 2. The maximum Gasteiger partial charge on any atom is 0.410 e. The van der Waals surface area contributed by atoms with Gasteiger partial charge in [0, 0.05) is 12.6 Å². The zero-order valence-electron chi connectivity index (χ0n) is 11.3. The molecule has 2 amide bonds. The predicted octanol–water partition coefficient (Wildman–Crippen LogP) is 1.81. The molecule has 0 aromatic carbocycles. The van der Waals surface area contributed by atoms with Crippen LogP contribution in [0.25, 0.3) is 0 Å². The van der Waals surface area contributed by atoms with Gasteiger partial charge in [-0.3, -0.25) is 9.69 Å². The lowest BCUT2D eigenvalue weighted by Gasteiger charge is -2.25. The van der Waals surface area contributed by atoms with E-state index in [1.165, 1.54) is 0 Å². The largest absolute Gasteiger partial charge is 0.446 e. The summed E-state index contributed by atoms with van der Waals surface area (Å²) in [4.78, 5) is 25.8. The molecule has 5 heteroatoms. The summed E-state index contributed by atoms with van der Waals surface area (Å²) in [5, 5.41) is 2.99. The molecule has 0 bridgehead atoms. The molecule has 0 aromatic rings. The van der Waals surface area contributed by atoms with Gasteiger partial charge in [-0.05, 0) is 51.4 Å². The van der Waals surface area contributed by atoms with E-state index in [4.69, 9.17) is 4.74 Å². The van der Waals surface area contributed by atoms with Crippen molar-refractivity contribution in [3.05, 3.63) is 0 Å². The van der Waals surface area contributed by atoms with Gasteiger partial charge in [0.25, 0.3) is 0 Å². The van der Waals surface area contributed by atoms with Gasteiger partial charge in [-0.25, -0.2) is 4.79 Å². The van der Waals surface area contributed by atoms with Crippen molar-refractivity contribution in [1.82, 2.24) is 10.2 Å². The lowest BCUT2D eigenvalue weighted by Crippen LogP contribution is -2.47. The molecule has 0 radical (unpaired) electrons. The summed E-state index contributed by atoms with van der Waals surface area (Å²) >= 11 is 0. The van der Waals surface area contributed by atoms with Gasteiger partial charge >= 0.3 is 6.09 Å². The van der Waals surface area contributed by atoms with Gasteiger partial charge in [0.15, 0.2) is 0 Å². The Morgan fingerprint density at radius 1 is 1.00 bits per heavy atom. The second-order valence-corrected chi connectivity index (χ2v) is 5.92. The topological polar surface area (TPSA) is 58.6 Å². The molecule has 1 aliphatic heterocycles. The van der Waals surface area contributed by atoms with Crippen molar-refractivity contribution in [3.8, 4) is 0 Å². The van der Waals surface area contributed by atoms with E-state index in [2.05, 4.69) is 5.32 Å². The van der Waals surface area contributed by atoms with E-state index in [9.17, 15) is 9.59 Å². The highest BCUT2D eigenvalue weighted by Crippen LogP contribution is 2.25. The standard InChI is InChI=1S/C14H22N2O3/c17-13(15-10-7-8-10)12-6-3-9-16(12)14(18)19-11-4-1-2-5-11/h10-12H,1-9H2,(H,15,17)/t12-/m0/s1. The van der Waals surface area contributed by atoms with Crippen LogP contribution in [0.3, 0.4) is 0 Å². The molecule has 19 heavy (non-hydrogen) atoms. The summed E-state index contributed by atoms with van der Waals surface area (Å²) in [6, 6.07) is 0.0373. The lowest BCUT2D eigenvalue weighted by molar-refractivity contribution is -0.125. The summed E-state index contributed by atoms with van der Waals surface area (Å²) in [5.41, 5.74) is 0. The summed E-state index contributed by atoms with van der Waals surface area (Å²) in [6.07, 6.45) is 7.81. The van der Waals surface area contributed by atoms with Crippen LogP contribution in [0.2, 0.25) is 0 Å². The third-order valence-electron chi connectivity index (χ3n) is 4.28. The van der Waals surface area contributed by atoms with Crippen LogP contribution in [0.5, 0.6) is 0 Å². The fourth-order valence-electron chi connectivity index (χ4n) is 3.00. The van der Waals surface area contributed by atoms with Crippen molar-refractivity contribution in [1.29, 1.82) is 0 Å². The Hall–Kier alpha value is -1.26. The zero-order chi connectivity index (χ0) is 13.2.